The van der Waals surface area contributed by atoms with Gasteiger partial charge in [0.25, 0.3) is 0 Å². The van der Waals surface area contributed by atoms with E-state index < -0.39 is 5.97 Å². The van der Waals surface area contributed by atoms with Crippen molar-refractivity contribution in [3.63, 3.8) is 0 Å². The molecule has 1 unspecified atom stereocenters. The molecule has 0 bridgehead atoms. The number of fused-ring (bicyclic) bond motifs is 1. The van der Waals surface area contributed by atoms with Gasteiger partial charge in [-0.15, -0.1) is 0 Å². The van der Waals surface area contributed by atoms with E-state index in [4.69, 9.17) is 4.42 Å². The summed E-state index contributed by atoms with van der Waals surface area (Å²) in [5.41, 5.74) is 3.84. The molecule has 5 aromatic rings. The highest BCUT2D eigenvalue weighted by Gasteiger charge is 2.18. The van der Waals surface area contributed by atoms with E-state index in [9.17, 15) is 14.7 Å². The zero-order valence-electron chi connectivity index (χ0n) is 19.9. The van der Waals surface area contributed by atoms with Gasteiger partial charge in [-0.25, -0.2) is 14.8 Å². The Labute approximate surface area is 206 Å². The standard InChI is InChI=1S/C27H23N5O4/c1-15-8-20(16(2)31-22-7-5-4-6-19(22)27(34)35)25-21(9-15)23(33)10-24(36-25)17-11-28-26(29-12-17)18-13-30-32(3)14-18/h4-14,16,31H,1-3H3,(H,34,35). The highest BCUT2D eigenvalue weighted by atomic mass is 16.4. The summed E-state index contributed by atoms with van der Waals surface area (Å²) in [6.45, 7) is 3.80. The maximum absolute atomic E-state index is 13.1. The number of rotatable bonds is 6. The van der Waals surface area contributed by atoms with E-state index in [0.29, 0.717) is 33.8 Å². The smallest absolute Gasteiger partial charge is 0.337 e. The number of nitrogens with one attached hydrogen (secondary N) is 1. The number of anilines is 1. The molecule has 0 radical (unpaired) electrons. The van der Waals surface area contributed by atoms with Crippen molar-refractivity contribution in [2.24, 2.45) is 7.05 Å². The van der Waals surface area contributed by atoms with Crippen LogP contribution in [0.5, 0.6) is 0 Å². The highest BCUT2D eigenvalue weighted by Crippen LogP contribution is 2.31. The zero-order chi connectivity index (χ0) is 25.4. The first-order valence-corrected chi connectivity index (χ1v) is 11.3. The van der Waals surface area contributed by atoms with Crippen molar-refractivity contribution >= 4 is 22.6 Å². The Balaban J connectivity index is 1.56. The summed E-state index contributed by atoms with van der Waals surface area (Å²) in [6.07, 6.45) is 6.71. The van der Waals surface area contributed by atoms with Crippen LogP contribution in [0.3, 0.4) is 0 Å². The fraction of sp³-hybridized carbons (Fsp3) is 0.148. The number of carboxylic acids is 1. The molecule has 3 aromatic heterocycles. The molecule has 2 N–H and O–H groups in total. The van der Waals surface area contributed by atoms with E-state index in [0.717, 1.165) is 16.7 Å². The van der Waals surface area contributed by atoms with Gasteiger partial charge in [0.15, 0.2) is 11.3 Å². The van der Waals surface area contributed by atoms with Gasteiger partial charge < -0.3 is 14.8 Å². The summed E-state index contributed by atoms with van der Waals surface area (Å²) < 4.78 is 7.92. The Morgan fingerprint density at radius 2 is 1.83 bits per heavy atom. The zero-order valence-corrected chi connectivity index (χ0v) is 19.9. The van der Waals surface area contributed by atoms with E-state index >= 15 is 0 Å². The van der Waals surface area contributed by atoms with Crippen molar-refractivity contribution in [2.75, 3.05) is 5.32 Å². The van der Waals surface area contributed by atoms with Gasteiger partial charge in [-0.05, 0) is 37.6 Å². The van der Waals surface area contributed by atoms with Gasteiger partial charge in [-0.1, -0.05) is 18.2 Å². The summed E-state index contributed by atoms with van der Waals surface area (Å²) >= 11 is 0. The minimum atomic E-state index is -1.03. The second kappa shape index (κ2) is 9.10. The Bertz CT molecular complexity index is 1650. The number of carboxylic acid groups (broad SMARTS) is 1. The van der Waals surface area contributed by atoms with Crippen LogP contribution < -0.4 is 10.7 Å². The number of hydrogen-bond donors (Lipinski definition) is 2. The molecule has 9 heteroatoms. The molecule has 180 valence electrons. The van der Waals surface area contributed by atoms with Gasteiger partial charge in [0.05, 0.1) is 34.3 Å². The largest absolute Gasteiger partial charge is 0.478 e. The minimum Gasteiger partial charge on any atom is -0.478 e. The lowest BCUT2D eigenvalue weighted by atomic mass is 10.0. The molecule has 2 aromatic carbocycles. The topological polar surface area (TPSA) is 123 Å². The molecule has 1 atom stereocenters. The number of benzene rings is 2. The Morgan fingerprint density at radius 1 is 1.08 bits per heavy atom. The summed E-state index contributed by atoms with van der Waals surface area (Å²) in [4.78, 5) is 33.5. The molecule has 0 saturated heterocycles. The van der Waals surface area contributed by atoms with Crippen LogP contribution in [0.1, 0.15) is 34.5 Å². The minimum absolute atomic E-state index is 0.161. The van der Waals surface area contributed by atoms with Crippen LogP contribution in [0.25, 0.3) is 33.7 Å². The van der Waals surface area contributed by atoms with E-state index in [1.807, 2.05) is 33.2 Å². The van der Waals surface area contributed by atoms with Crippen molar-refractivity contribution in [1.82, 2.24) is 19.7 Å². The third-order valence-electron chi connectivity index (χ3n) is 5.90. The van der Waals surface area contributed by atoms with Crippen molar-refractivity contribution in [2.45, 2.75) is 19.9 Å². The first-order chi connectivity index (χ1) is 17.3. The van der Waals surface area contributed by atoms with E-state index in [-0.39, 0.29) is 17.0 Å². The summed E-state index contributed by atoms with van der Waals surface area (Å²) in [6, 6.07) is 11.5. The third kappa shape index (κ3) is 4.34. The number of para-hydroxylation sites is 1. The van der Waals surface area contributed by atoms with E-state index in [2.05, 4.69) is 20.4 Å². The predicted octanol–water partition coefficient (Wildman–Crippen LogP) is 4.83. The van der Waals surface area contributed by atoms with Crippen LogP contribution in [0.4, 0.5) is 5.69 Å². The van der Waals surface area contributed by atoms with E-state index in [1.165, 1.54) is 6.07 Å². The maximum atomic E-state index is 13.1. The first kappa shape index (κ1) is 23.0. The molecule has 36 heavy (non-hydrogen) atoms. The molecular formula is C27H23N5O4. The van der Waals surface area contributed by atoms with Crippen LogP contribution in [-0.2, 0) is 7.05 Å². The summed E-state index contributed by atoms with van der Waals surface area (Å²) in [7, 11) is 1.82. The maximum Gasteiger partial charge on any atom is 0.337 e. The van der Waals surface area contributed by atoms with Crippen LogP contribution >= 0.6 is 0 Å². The monoisotopic (exact) mass is 481 g/mol. The normalized spacial score (nSPS) is 12.0. The first-order valence-electron chi connectivity index (χ1n) is 11.3. The Hall–Kier alpha value is -4.79. The van der Waals surface area contributed by atoms with Crippen molar-refractivity contribution in [3.8, 4) is 22.7 Å². The van der Waals surface area contributed by atoms with Crippen LogP contribution in [-0.4, -0.2) is 30.8 Å². The number of hydrogen-bond acceptors (Lipinski definition) is 7. The lowest BCUT2D eigenvalue weighted by molar-refractivity contribution is 0.0698. The lowest BCUT2D eigenvalue weighted by Crippen LogP contribution is -2.12. The van der Waals surface area contributed by atoms with Crippen molar-refractivity contribution in [3.05, 3.63) is 94.2 Å². The number of aromatic carboxylic acids is 1. The number of aryl methyl sites for hydroxylation is 2. The van der Waals surface area contributed by atoms with E-state index in [1.54, 1.807) is 53.6 Å². The molecule has 0 aliphatic carbocycles. The Morgan fingerprint density at radius 3 is 2.53 bits per heavy atom. The molecule has 0 saturated carbocycles. The van der Waals surface area contributed by atoms with Gasteiger partial charge >= 0.3 is 5.97 Å². The molecule has 0 amide bonds. The highest BCUT2D eigenvalue weighted by molar-refractivity contribution is 5.94. The molecular weight excluding hydrogens is 458 g/mol. The summed E-state index contributed by atoms with van der Waals surface area (Å²) in [5.74, 6) is -0.169. The average Bonchev–Trinajstić information content (AvgIpc) is 3.30. The van der Waals surface area contributed by atoms with Crippen LogP contribution in [0.15, 0.2) is 76.5 Å². The third-order valence-corrected chi connectivity index (χ3v) is 5.90. The van der Waals surface area contributed by atoms with Gasteiger partial charge in [0.1, 0.15) is 11.3 Å². The second-order valence-corrected chi connectivity index (χ2v) is 8.62. The van der Waals surface area contributed by atoms with Gasteiger partial charge in [-0.3, -0.25) is 9.48 Å². The van der Waals surface area contributed by atoms with Crippen LogP contribution in [0.2, 0.25) is 0 Å². The second-order valence-electron chi connectivity index (χ2n) is 8.62. The number of aromatic nitrogens is 4. The Kier molecular flexibility index (Phi) is 5.81. The number of nitrogens with zero attached hydrogens (tertiary/aromatic N) is 4. The molecule has 3 heterocycles. The fourth-order valence-electron chi connectivity index (χ4n) is 4.15. The average molecular weight is 482 g/mol. The molecule has 0 spiro atoms. The molecule has 5 rings (SSSR count). The SMILES string of the molecule is Cc1cc(C(C)Nc2ccccc2C(=O)O)c2oc(-c3cnc(-c4cnn(C)c4)nc3)cc(=O)c2c1. The molecule has 0 aliphatic heterocycles. The van der Waals surface area contributed by atoms with Gasteiger partial charge in [-0.2, -0.15) is 5.10 Å². The van der Waals surface area contributed by atoms with Gasteiger partial charge in [0.2, 0.25) is 0 Å². The molecule has 0 fully saturated rings. The predicted molar refractivity (Wildman–Crippen MR) is 136 cm³/mol. The van der Waals surface area contributed by atoms with Gasteiger partial charge in [0, 0.05) is 43.0 Å². The van der Waals surface area contributed by atoms with Crippen LogP contribution in [0, 0.1) is 6.92 Å². The molecule has 0 aliphatic rings. The number of carbonyl (C=O) groups is 1. The van der Waals surface area contributed by atoms with Crippen molar-refractivity contribution < 1.29 is 14.3 Å². The van der Waals surface area contributed by atoms with Crippen molar-refractivity contribution in [1.29, 1.82) is 0 Å². The summed E-state index contributed by atoms with van der Waals surface area (Å²) in [5, 5.41) is 17.4. The lowest BCUT2D eigenvalue weighted by Gasteiger charge is -2.19. The molecule has 9 nitrogen and oxygen atoms in total. The quantitative estimate of drug-likeness (QED) is 0.353. The fourth-order valence-corrected chi connectivity index (χ4v) is 4.15.